The topological polar surface area (TPSA) is 90.5 Å². The van der Waals surface area contributed by atoms with Crippen LogP contribution in [0.1, 0.15) is 17.2 Å². The Labute approximate surface area is 122 Å². The number of aromatic amines is 1. The van der Waals surface area contributed by atoms with Crippen LogP contribution in [-0.4, -0.2) is 35.3 Å². The first kappa shape index (κ1) is 13.8. The molecule has 0 amide bonds. The highest BCUT2D eigenvalue weighted by Crippen LogP contribution is 2.34. The first-order valence-electron chi connectivity index (χ1n) is 6.47. The summed E-state index contributed by atoms with van der Waals surface area (Å²) in [4.78, 5) is 14.4. The summed E-state index contributed by atoms with van der Waals surface area (Å²) in [5.41, 5.74) is 1.42. The Kier molecular flexibility index (Phi) is 3.30. The van der Waals surface area contributed by atoms with Gasteiger partial charge in [-0.3, -0.25) is 4.79 Å². The number of fused-ring (bicyclic) bond motifs is 1. The number of carbonyl (C=O) groups is 1. The molecule has 1 aliphatic rings. The molecule has 2 heterocycles. The minimum absolute atomic E-state index is 0.0770. The minimum Gasteiger partial charge on any atom is -0.480 e. The van der Waals surface area contributed by atoms with Gasteiger partial charge in [0, 0.05) is 18.9 Å². The van der Waals surface area contributed by atoms with Gasteiger partial charge in [0.2, 0.25) is 10.0 Å². The molecule has 1 atom stereocenters. The van der Waals surface area contributed by atoms with E-state index in [0.29, 0.717) is 12.0 Å². The van der Waals surface area contributed by atoms with E-state index in [1.165, 1.54) is 18.5 Å². The van der Waals surface area contributed by atoms with E-state index in [-0.39, 0.29) is 11.4 Å². The zero-order chi connectivity index (χ0) is 15.0. The van der Waals surface area contributed by atoms with E-state index in [1.54, 1.807) is 12.1 Å². The summed E-state index contributed by atoms with van der Waals surface area (Å²) in [5, 5.41) is 9.50. The molecule has 3 rings (SSSR count). The van der Waals surface area contributed by atoms with Crippen molar-refractivity contribution in [3.05, 3.63) is 53.9 Å². The van der Waals surface area contributed by atoms with Gasteiger partial charge in [0.25, 0.3) is 0 Å². The highest BCUT2D eigenvalue weighted by molar-refractivity contribution is 7.89. The normalized spacial score (nSPS) is 19.1. The van der Waals surface area contributed by atoms with E-state index >= 15 is 0 Å². The number of aliphatic carboxylic acids is 1. The van der Waals surface area contributed by atoms with Crippen LogP contribution in [0.15, 0.2) is 47.6 Å². The summed E-state index contributed by atoms with van der Waals surface area (Å²) >= 11 is 0. The molecule has 110 valence electrons. The van der Waals surface area contributed by atoms with Crippen molar-refractivity contribution in [2.75, 3.05) is 6.54 Å². The molecule has 1 unspecified atom stereocenters. The molecule has 0 radical (unpaired) electrons. The summed E-state index contributed by atoms with van der Waals surface area (Å²) < 4.78 is 26.3. The number of H-pyrrole nitrogens is 1. The number of sulfonamides is 1. The van der Waals surface area contributed by atoms with Crippen LogP contribution in [0.4, 0.5) is 0 Å². The SMILES string of the molecule is O=C(O)C1c2ccccc2CCN1S(=O)(=O)c1cc[nH]c1. The largest absolute Gasteiger partial charge is 0.480 e. The summed E-state index contributed by atoms with van der Waals surface area (Å²) in [5.74, 6) is -1.17. The average Bonchev–Trinajstić information content (AvgIpc) is 3.00. The number of nitrogens with one attached hydrogen (secondary N) is 1. The van der Waals surface area contributed by atoms with Gasteiger partial charge < -0.3 is 10.1 Å². The molecule has 1 aliphatic heterocycles. The van der Waals surface area contributed by atoms with Crippen LogP contribution >= 0.6 is 0 Å². The molecule has 0 bridgehead atoms. The van der Waals surface area contributed by atoms with E-state index in [1.807, 2.05) is 12.1 Å². The molecular formula is C14H14N2O4S. The van der Waals surface area contributed by atoms with Crippen LogP contribution < -0.4 is 0 Å². The van der Waals surface area contributed by atoms with Gasteiger partial charge in [0.05, 0.1) is 4.90 Å². The Morgan fingerprint density at radius 3 is 2.71 bits per heavy atom. The Morgan fingerprint density at radius 1 is 1.29 bits per heavy atom. The standard InChI is InChI=1S/C14H14N2O4S/c17-14(18)13-12-4-2-1-3-10(12)6-8-16(13)21(19,20)11-5-7-15-9-11/h1-5,7,9,13,15H,6,8H2,(H,17,18). The third-order valence-corrected chi connectivity index (χ3v) is 5.51. The summed E-state index contributed by atoms with van der Waals surface area (Å²) in [7, 11) is -3.83. The summed E-state index contributed by atoms with van der Waals surface area (Å²) in [6, 6.07) is 7.30. The predicted molar refractivity (Wildman–Crippen MR) is 75.2 cm³/mol. The highest BCUT2D eigenvalue weighted by atomic mass is 32.2. The lowest BCUT2D eigenvalue weighted by Gasteiger charge is -2.33. The molecule has 0 saturated carbocycles. The van der Waals surface area contributed by atoms with Crippen LogP contribution in [-0.2, 0) is 21.2 Å². The smallest absolute Gasteiger partial charge is 0.326 e. The molecule has 0 aliphatic carbocycles. The maximum atomic E-state index is 12.6. The van der Waals surface area contributed by atoms with Crippen molar-refractivity contribution in [1.29, 1.82) is 0 Å². The van der Waals surface area contributed by atoms with Gasteiger partial charge in [-0.2, -0.15) is 4.31 Å². The number of carboxylic acids is 1. The number of carboxylic acid groups (broad SMARTS) is 1. The van der Waals surface area contributed by atoms with E-state index < -0.39 is 22.0 Å². The van der Waals surface area contributed by atoms with E-state index in [0.717, 1.165) is 9.87 Å². The second-order valence-electron chi connectivity index (χ2n) is 4.85. The van der Waals surface area contributed by atoms with Gasteiger partial charge >= 0.3 is 5.97 Å². The van der Waals surface area contributed by atoms with Crippen LogP contribution in [0, 0.1) is 0 Å². The number of hydrogen-bond donors (Lipinski definition) is 2. The number of nitrogens with zero attached hydrogens (tertiary/aromatic N) is 1. The molecule has 21 heavy (non-hydrogen) atoms. The Bertz CT molecular complexity index is 768. The molecule has 0 saturated heterocycles. The van der Waals surface area contributed by atoms with Gasteiger partial charge in [-0.15, -0.1) is 0 Å². The minimum atomic E-state index is -3.83. The average molecular weight is 306 g/mol. The zero-order valence-electron chi connectivity index (χ0n) is 11.1. The summed E-state index contributed by atoms with van der Waals surface area (Å²) in [6.45, 7) is 0.154. The summed E-state index contributed by atoms with van der Waals surface area (Å²) in [6.07, 6.45) is 3.36. The molecule has 0 fully saturated rings. The van der Waals surface area contributed by atoms with Crippen LogP contribution in [0.25, 0.3) is 0 Å². The number of aromatic nitrogens is 1. The van der Waals surface area contributed by atoms with Gasteiger partial charge in [-0.1, -0.05) is 24.3 Å². The molecule has 2 N–H and O–H groups in total. The van der Waals surface area contributed by atoms with Crippen LogP contribution in [0.3, 0.4) is 0 Å². The lowest BCUT2D eigenvalue weighted by molar-refractivity contribution is -0.142. The van der Waals surface area contributed by atoms with E-state index in [9.17, 15) is 18.3 Å². The lowest BCUT2D eigenvalue weighted by atomic mass is 9.94. The predicted octanol–water partition coefficient (Wildman–Crippen LogP) is 1.39. The first-order valence-corrected chi connectivity index (χ1v) is 7.91. The highest BCUT2D eigenvalue weighted by Gasteiger charge is 2.40. The van der Waals surface area contributed by atoms with Crippen molar-refractivity contribution in [2.45, 2.75) is 17.4 Å². The van der Waals surface area contributed by atoms with Gasteiger partial charge in [0.1, 0.15) is 6.04 Å². The molecule has 6 nitrogen and oxygen atoms in total. The molecule has 7 heteroatoms. The Morgan fingerprint density at radius 2 is 2.05 bits per heavy atom. The molecule has 1 aromatic carbocycles. The third kappa shape index (κ3) is 2.24. The maximum absolute atomic E-state index is 12.6. The van der Waals surface area contributed by atoms with Crippen LogP contribution in [0.2, 0.25) is 0 Å². The molecule has 1 aromatic heterocycles. The van der Waals surface area contributed by atoms with Crippen molar-refractivity contribution >= 4 is 16.0 Å². The fourth-order valence-corrected chi connectivity index (χ4v) is 4.20. The van der Waals surface area contributed by atoms with E-state index in [2.05, 4.69) is 4.98 Å². The van der Waals surface area contributed by atoms with Crippen molar-refractivity contribution in [3.8, 4) is 0 Å². The second-order valence-corrected chi connectivity index (χ2v) is 6.74. The van der Waals surface area contributed by atoms with Crippen molar-refractivity contribution < 1.29 is 18.3 Å². The maximum Gasteiger partial charge on any atom is 0.326 e. The first-order chi connectivity index (χ1) is 10.0. The van der Waals surface area contributed by atoms with Crippen LogP contribution in [0.5, 0.6) is 0 Å². The quantitative estimate of drug-likeness (QED) is 0.896. The van der Waals surface area contributed by atoms with Gasteiger partial charge in [0.15, 0.2) is 0 Å². The van der Waals surface area contributed by atoms with Gasteiger partial charge in [-0.25, -0.2) is 8.42 Å². The lowest BCUT2D eigenvalue weighted by Crippen LogP contribution is -2.43. The monoisotopic (exact) mass is 306 g/mol. The van der Waals surface area contributed by atoms with Crippen molar-refractivity contribution in [1.82, 2.24) is 9.29 Å². The Hall–Kier alpha value is -2.12. The fourth-order valence-electron chi connectivity index (χ4n) is 2.66. The zero-order valence-corrected chi connectivity index (χ0v) is 11.9. The molecule has 0 spiro atoms. The number of rotatable bonds is 3. The number of benzene rings is 1. The van der Waals surface area contributed by atoms with Gasteiger partial charge in [-0.05, 0) is 23.6 Å². The fraction of sp³-hybridized carbons (Fsp3) is 0.214. The van der Waals surface area contributed by atoms with Crippen molar-refractivity contribution in [2.24, 2.45) is 0 Å². The molecule has 2 aromatic rings. The molecular weight excluding hydrogens is 292 g/mol. The van der Waals surface area contributed by atoms with Crippen molar-refractivity contribution in [3.63, 3.8) is 0 Å². The van der Waals surface area contributed by atoms with E-state index in [4.69, 9.17) is 0 Å². The number of hydrogen-bond acceptors (Lipinski definition) is 3. The third-order valence-electron chi connectivity index (χ3n) is 3.65. The second kappa shape index (κ2) is 5.01. The Balaban J connectivity index is 2.10.